The number of halogens is 1. The van der Waals surface area contributed by atoms with Crippen molar-refractivity contribution in [3.63, 3.8) is 0 Å². The predicted molar refractivity (Wildman–Crippen MR) is 108 cm³/mol. The Labute approximate surface area is 165 Å². The average Bonchev–Trinajstić information content (AvgIpc) is 2.61. The summed E-state index contributed by atoms with van der Waals surface area (Å²) >= 11 is 6.02. The van der Waals surface area contributed by atoms with Crippen molar-refractivity contribution in [3.05, 3.63) is 58.6 Å². The summed E-state index contributed by atoms with van der Waals surface area (Å²) in [7, 11) is -0.435. The zero-order valence-corrected chi connectivity index (χ0v) is 17.3. The number of ether oxygens (including phenoxy) is 1. The smallest absolute Gasteiger partial charge is 0.243 e. The topological polar surface area (TPSA) is 66.9 Å². The monoisotopic (exact) mass is 410 g/mol. The molecule has 1 amide bonds. The minimum absolute atomic E-state index is 0.299. The molecule has 0 N–H and O–H groups in total. The normalized spacial score (nSPS) is 11.1. The van der Waals surface area contributed by atoms with Crippen LogP contribution in [-0.4, -0.2) is 46.2 Å². The fourth-order valence-electron chi connectivity index (χ4n) is 2.57. The Morgan fingerprint density at radius 2 is 1.78 bits per heavy atom. The molecule has 6 nitrogen and oxygen atoms in total. The first-order chi connectivity index (χ1) is 12.6. The number of aryl methyl sites for hydroxylation is 1. The van der Waals surface area contributed by atoms with Gasteiger partial charge in [0.15, 0.2) is 0 Å². The van der Waals surface area contributed by atoms with E-state index in [2.05, 4.69) is 0 Å². The summed E-state index contributed by atoms with van der Waals surface area (Å²) in [5.41, 5.74) is 2.03. The van der Waals surface area contributed by atoms with Crippen LogP contribution in [0, 0.1) is 6.92 Å². The predicted octanol–water partition coefficient (Wildman–Crippen LogP) is 3.08. The number of methoxy groups -OCH3 is 1. The van der Waals surface area contributed by atoms with Gasteiger partial charge in [0.05, 0.1) is 19.1 Å². The molecule has 146 valence electrons. The van der Waals surface area contributed by atoms with Gasteiger partial charge in [-0.05, 0) is 42.3 Å². The van der Waals surface area contributed by atoms with Gasteiger partial charge in [0, 0.05) is 18.6 Å². The summed E-state index contributed by atoms with van der Waals surface area (Å²) in [5.74, 6) is 0.406. The molecule has 0 aliphatic carbocycles. The molecule has 0 atom stereocenters. The molecular formula is C19H23ClN2O4S. The number of benzene rings is 2. The Morgan fingerprint density at radius 1 is 1.15 bits per heavy atom. The number of sulfonamides is 1. The van der Waals surface area contributed by atoms with Crippen LogP contribution in [0.2, 0.25) is 5.02 Å². The van der Waals surface area contributed by atoms with Crippen molar-refractivity contribution < 1.29 is 17.9 Å². The molecule has 0 spiro atoms. The van der Waals surface area contributed by atoms with Gasteiger partial charge in [-0.3, -0.25) is 9.10 Å². The Morgan fingerprint density at radius 3 is 2.33 bits per heavy atom. The van der Waals surface area contributed by atoms with Crippen LogP contribution in [0.1, 0.15) is 11.1 Å². The van der Waals surface area contributed by atoms with Crippen molar-refractivity contribution in [2.45, 2.75) is 13.5 Å². The van der Waals surface area contributed by atoms with E-state index in [0.29, 0.717) is 17.3 Å². The molecule has 0 heterocycles. The van der Waals surface area contributed by atoms with Crippen LogP contribution in [0.15, 0.2) is 42.5 Å². The van der Waals surface area contributed by atoms with E-state index in [-0.39, 0.29) is 12.5 Å². The Balaban J connectivity index is 2.19. The number of hydrogen-bond acceptors (Lipinski definition) is 4. The lowest BCUT2D eigenvalue weighted by Gasteiger charge is -2.26. The minimum atomic E-state index is -3.66. The van der Waals surface area contributed by atoms with E-state index in [9.17, 15) is 13.2 Å². The molecule has 27 heavy (non-hydrogen) atoms. The number of carbonyl (C=O) groups is 1. The van der Waals surface area contributed by atoms with Crippen LogP contribution in [0.4, 0.5) is 5.69 Å². The lowest BCUT2D eigenvalue weighted by molar-refractivity contribution is -0.128. The molecule has 2 rings (SSSR count). The van der Waals surface area contributed by atoms with E-state index in [1.165, 1.54) is 4.90 Å². The molecule has 0 unspecified atom stereocenters. The third kappa shape index (κ3) is 5.61. The van der Waals surface area contributed by atoms with Crippen LogP contribution in [0.25, 0.3) is 0 Å². The number of likely N-dealkylation sites (N-methyl/N-ethyl adjacent to an activating group) is 1. The van der Waals surface area contributed by atoms with Crippen molar-refractivity contribution in [1.82, 2.24) is 4.90 Å². The lowest BCUT2D eigenvalue weighted by atomic mass is 10.2. The van der Waals surface area contributed by atoms with E-state index < -0.39 is 10.0 Å². The van der Waals surface area contributed by atoms with Crippen LogP contribution < -0.4 is 9.04 Å². The molecule has 0 bridgehead atoms. The maximum Gasteiger partial charge on any atom is 0.243 e. The maximum absolute atomic E-state index is 12.7. The minimum Gasteiger partial charge on any atom is -0.497 e. The van der Waals surface area contributed by atoms with E-state index in [0.717, 1.165) is 27.4 Å². The van der Waals surface area contributed by atoms with Crippen LogP contribution in [0.3, 0.4) is 0 Å². The number of carbonyl (C=O) groups excluding carboxylic acids is 1. The molecule has 0 aliphatic heterocycles. The van der Waals surface area contributed by atoms with Crippen LogP contribution in [0.5, 0.6) is 5.75 Å². The second-order valence-corrected chi connectivity index (χ2v) is 8.64. The SMILES string of the molecule is COc1ccc(CN(C)C(=O)CN(c2cc(Cl)ccc2C)S(C)(=O)=O)cc1. The van der Waals surface area contributed by atoms with Crippen molar-refractivity contribution >= 4 is 33.2 Å². The fraction of sp³-hybridized carbons (Fsp3) is 0.316. The number of anilines is 1. The van der Waals surface area contributed by atoms with Gasteiger partial charge in [0.2, 0.25) is 15.9 Å². The first-order valence-electron chi connectivity index (χ1n) is 8.22. The summed E-state index contributed by atoms with van der Waals surface area (Å²) in [6, 6.07) is 12.3. The van der Waals surface area contributed by atoms with Gasteiger partial charge in [0.1, 0.15) is 12.3 Å². The average molecular weight is 411 g/mol. The standard InChI is InChI=1S/C19H23ClN2O4S/c1-14-5-8-16(20)11-18(14)22(27(4,24)25)13-19(23)21(2)12-15-6-9-17(26-3)10-7-15/h5-11H,12-13H2,1-4H3. The molecule has 0 radical (unpaired) electrons. The first kappa shape index (κ1) is 21.1. The molecule has 0 saturated heterocycles. The largest absolute Gasteiger partial charge is 0.497 e. The van der Waals surface area contributed by atoms with E-state index >= 15 is 0 Å². The van der Waals surface area contributed by atoms with Gasteiger partial charge in [-0.2, -0.15) is 0 Å². The lowest BCUT2D eigenvalue weighted by Crippen LogP contribution is -2.41. The van der Waals surface area contributed by atoms with Crippen molar-refractivity contribution in [3.8, 4) is 5.75 Å². The fourth-order valence-corrected chi connectivity index (χ4v) is 3.63. The van der Waals surface area contributed by atoms with Crippen LogP contribution in [-0.2, 0) is 21.4 Å². The molecule has 0 fully saturated rings. The third-order valence-corrected chi connectivity index (χ3v) is 5.49. The quantitative estimate of drug-likeness (QED) is 0.703. The zero-order chi connectivity index (χ0) is 20.2. The molecule has 0 aliphatic rings. The highest BCUT2D eigenvalue weighted by Gasteiger charge is 2.24. The second-order valence-electron chi connectivity index (χ2n) is 6.30. The van der Waals surface area contributed by atoms with Crippen molar-refractivity contribution in [2.24, 2.45) is 0 Å². The molecule has 8 heteroatoms. The summed E-state index contributed by atoms with van der Waals surface area (Å²) in [5, 5.41) is 0.406. The van der Waals surface area contributed by atoms with E-state index in [1.807, 2.05) is 24.3 Å². The summed E-state index contributed by atoms with van der Waals surface area (Å²) in [6.45, 7) is 1.83. The molecule has 0 saturated carbocycles. The Bertz CT molecular complexity index is 914. The number of hydrogen-bond donors (Lipinski definition) is 0. The molecule has 0 aromatic heterocycles. The molecule has 2 aromatic rings. The second kappa shape index (κ2) is 8.63. The van der Waals surface area contributed by atoms with Gasteiger partial charge >= 0.3 is 0 Å². The van der Waals surface area contributed by atoms with Crippen molar-refractivity contribution in [1.29, 1.82) is 0 Å². The highest BCUT2D eigenvalue weighted by Crippen LogP contribution is 2.26. The van der Waals surface area contributed by atoms with E-state index in [4.69, 9.17) is 16.3 Å². The van der Waals surface area contributed by atoms with Gasteiger partial charge in [-0.1, -0.05) is 29.8 Å². The summed E-state index contributed by atoms with van der Waals surface area (Å²) < 4.78 is 30.8. The molecular weight excluding hydrogens is 388 g/mol. The van der Waals surface area contributed by atoms with Gasteiger partial charge in [-0.15, -0.1) is 0 Å². The maximum atomic E-state index is 12.7. The first-order valence-corrected chi connectivity index (χ1v) is 10.4. The number of nitrogens with zero attached hydrogens (tertiary/aromatic N) is 2. The highest BCUT2D eigenvalue weighted by atomic mass is 35.5. The van der Waals surface area contributed by atoms with Gasteiger partial charge in [-0.25, -0.2) is 8.42 Å². The summed E-state index contributed by atoms with van der Waals surface area (Å²) in [6.07, 6.45) is 1.07. The van der Waals surface area contributed by atoms with E-state index in [1.54, 1.807) is 39.3 Å². The van der Waals surface area contributed by atoms with Gasteiger partial charge in [0.25, 0.3) is 0 Å². The highest BCUT2D eigenvalue weighted by molar-refractivity contribution is 7.92. The Hall–Kier alpha value is -2.25. The van der Waals surface area contributed by atoms with Crippen LogP contribution >= 0.6 is 11.6 Å². The summed E-state index contributed by atoms with van der Waals surface area (Å²) in [4.78, 5) is 14.1. The third-order valence-electron chi connectivity index (χ3n) is 4.12. The molecule has 2 aromatic carbocycles. The zero-order valence-electron chi connectivity index (χ0n) is 15.8. The number of rotatable bonds is 7. The number of amides is 1. The van der Waals surface area contributed by atoms with Gasteiger partial charge < -0.3 is 9.64 Å². The Kier molecular flexibility index (Phi) is 6.73. The van der Waals surface area contributed by atoms with Crippen molar-refractivity contribution in [2.75, 3.05) is 31.3 Å².